The van der Waals surface area contributed by atoms with Gasteiger partial charge in [-0.2, -0.15) is 5.26 Å². The molecule has 0 heterocycles. The molecule has 0 aliphatic heterocycles. The maximum atomic E-state index is 12.2. The monoisotopic (exact) mass is 327 g/mol. The molecule has 2 rings (SSSR count). The predicted octanol–water partition coefficient (Wildman–Crippen LogP) is 2.74. The quantitative estimate of drug-likeness (QED) is 0.493. The van der Waals surface area contributed by atoms with Gasteiger partial charge >= 0.3 is 5.97 Å². The number of carbonyl (C=O) groups is 2. The Bertz CT molecular complexity index is 670. The van der Waals surface area contributed by atoms with E-state index in [1.807, 2.05) is 6.07 Å². The van der Waals surface area contributed by atoms with E-state index in [0.717, 1.165) is 25.7 Å². The largest absolute Gasteiger partial charge is 0.465 e. The van der Waals surface area contributed by atoms with Crippen molar-refractivity contribution in [3.63, 3.8) is 0 Å². The van der Waals surface area contributed by atoms with Gasteiger partial charge in [-0.05, 0) is 25.0 Å². The zero-order valence-electron chi connectivity index (χ0n) is 13.7. The molecule has 0 radical (unpaired) electrons. The number of benzene rings is 1. The Morgan fingerprint density at radius 2 is 1.96 bits per heavy atom. The molecule has 0 unspecified atom stereocenters. The third-order valence-electron chi connectivity index (χ3n) is 4.01. The maximum Gasteiger partial charge on any atom is 0.339 e. The predicted molar refractivity (Wildman–Crippen MR) is 90.1 cm³/mol. The minimum absolute atomic E-state index is 0.0276. The molecule has 6 nitrogen and oxygen atoms in total. The lowest BCUT2D eigenvalue weighted by molar-refractivity contribution is -0.118. The van der Waals surface area contributed by atoms with Crippen LogP contribution >= 0.6 is 0 Å². The highest BCUT2D eigenvalue weighted by atomic mass is 16.5. The number of esters is 1. The first-order valence-electron chi connectivity index (χ1n) is 8.00. The summed E-state index contributed by atoms with van der Waals surface area (Å²) in [4.78, 5) is 23.9. The molecular formula is C18H21N3O3. The molecular weight excluding hydrogens is 306 g/mol. The van der Waals surface area contributed by atoms with Gasteiger partial charge in [0.15, 0.2) is 0 Å². The lowest BCUT2D eigenvalue weighted by Crippen LogP contribution is -2.37. The first-order valence-corrected chi connectivity index (χ1v) is 8.00. The van der Waals surface area contributed by atoms with Gasteiger partial charge in [0, 0.05) is 12.2 Å². The summed E-state index contributed by atoms with van der Waals surface area (Å²) >= 11 is 0. The molecule has 1 aliphatic carbocycles. The van der Waals surface area contributed by atoms with Crippen LogP contribution in [0.5, 0.6) is 0 Å². The first-order chi connectivity index (χ1) is 11.7. The number of amides is 1. The van der Waals surface area contributed by atoms with Gasteiger partial charge in [-0.1, -0.05) is 31.4 Å². The smallest absolute Gasteiger partial charge is 0.339 e. The lowest BCUT2D eigenvalue weighted by atomic mass is 9.95. The van der Waals surface area contributed by atoms with Gasteiger partial charge < -0.3 is 15.4 Å². The standard InChI is InChI=1S/C18H21N3O3/c1-24-18(23)15-9-5-6-10-16(15)20-12-13(11-19)17(22)21-14-7-3-2-4-8-14/h5-6,9-10,12,14,20H,2-4,7-8H2,1H3,(H,21,22)/b13-12+. The summed E-state index contributed by atoms with van der Waals surface area (Å²) in [5.41, 5.74) is 0.782. The minimum Gasteiger partial charge on any atom is -0.465 e. The second-order valence-corrected chi connectivity index (χ2v) is 5.66. The number of para-hydroxylation sites is 1. The van der Waals surface area contributed by atoms with Crippen LogP contribution in [0.1, 0.15) is 42.5 Å². The number of nitrogens with one attached hydrogen (secondary N) is 2. The van der Waals surface area contributed by atoms with Crippen molar-refractivity contribution in [2.24, 2.45) is 0 Å². The Morgan fingerprint density at radius 1 is 1.25 bits per heavy atom. The van der Waals surface area contributed by atoms with Gasteiger partial charge in [0.05, 0.1) is 18.4 Å². The summed E-state index contributed by atoms with van der Waals surface area (Å²) in [6, 6.07) is 8.77. The number of anilines is 1. The molecule has 126 valence electrons. The van der Waals surface area contributed by atoms with E-state index < -0.39 is 11.9 Å². The molecule has 0 saturated heterocycles. The van der Waals surface area contributed by atoms with E-state index in [2.05, 4.69) is 10.6 Å². The Labute approximate surface area is 141 Å². The van der Waals surface area contributed by atoms with Gasteiger partial charge in [-0.3, -0.25) is 4.79 Å². The van der Waals surface area contributed by atoms with Crippen LogP contribution < -0.4 is 10.6 Å². The molecule has 24 heavy (non-hydrogen) atoms. The fraction of sp³-hybridized carbons (Fsp3) is 0.389. The summed E-state index contributed by atoms with van der Waals surface area (Å²) in [5, 5.41) is 15.0. The number of hydrogen-bond donors (Lipinski definition) is 2. The van der Waals surface area contributed by atoms with Crippen molar-refractivity contribution in [2.75, 3.05) is 12.4 Å². The zero-order chi connectivity index (χ0) is 17.4. The summed E-state index contributed by atoms with van der Waals surface area (Å²) in [7, 11) is 1.30. The van der Waals surface area contributed by atoms with E-state index in [1.54, 1.807) is 24.3 Å². The van der Waals surface area contributed by atoms with Crippen molar-refractivity contribution in [2.45, 2.75) is 38.1 Å². The summed E-state index contributed by atoms with van der Waals surface area (Å²) in [5.74, 6) is -0.885. The van der Waals surface area contributed by atoms with Gasteiger partial charge in [-0.25, -0.2) is 4.79 Å². The van der Waals surface area contributed by atoms with Crippen molar-refractivity contribution >= 4 is 17.6 Å². The van der Waals surface area contributed by atoms with Gasteiger partial charge in [-0.15, -0.1) is 0 Å². The van der Waals surface area contributed by atoms with E-state index in [-0.39, 0.29) is 11.6 Å². The topological polar surface area (TPSA) is 91.2 Å². The SMILES string of the molecule is COC(=O)c1ccccc1N/C=C(\C#N)C(=O)NC1CCCCC1. The number of hydrogen-bond acceptors (Lipinski definition) is 5. The number of rotatable bonds is 5. The minimum atomic E-state index is -0.489. The summed E-state index contributed by atoms with van der Waals surface area (Å²) < 4.78 is 4.71. The number of nitrogens with zero attached hydrogens (tertiary/aromatic N) is 1. The second kappa shape index (κ2) is 8.73. The van der Waals surface area contributed by atoms with Crippen LogP contribution in [0.4, 0.5) is 5.69 Å². The first kappa shape index (κ1) is 17.5. The molecule has 1 aromatic carbocycles. The Kier molecular flexibility index (Phi) is 6.38. The second-order valence-electron chi connectivity index (χ2n) is 5.66. The molecule has 1 aromatic rings. The van der Waals surface area contributed by atoms with E-state index in [0.29, 0.717) is 11.3 Å². The molecule has 0 spiro atoms. The Morgan fingerprint density at radius 3 is 2.62 bits per heavy atom. The van der Waals surface area contributed by atoms with Gasteiger partial charge in [0.25, 0.3) is 5.91 Å². The van der Waals surface area contributed by atoms with Gasteiger partial charge in [0.1, 0.15) is 11.6 Å². The van der Waals surface area contributed by atoms with Crippen molar-refractivity contribution in [3.8, 4) is 6.07 Å². The van der Waals surface area contributed by atoms with Crippen molar-refractivity contribution in [1.82, 2.24) is 5.32 Å². The zero-order valence-corrected chi connectivity index (χ0v) is 13.7. The van der Waals surface area contributed by atoms with E-state index in [9.17, 15) is 14.9 Å². The molecule has 1 amide bonds. The molecule has 1 aliphatic rings. The molecule has 6 heteroatoms. The van der Waals surface area contributed by atoms with Crippen LogP contribution in [-0.4, -0.2) is 25.0 Å². The Hall–Kier alpha value is -2.81. The third-order valence-corrected chi connectivity index (χ3v) is 4.01. The average molecular weight is 327 g/mol. The fourth-order valence-corrected chi connectivity index (χ4v) is 2.71. The molecule has 1 saturated carbocycles. The number of ether oxygens (including phenoxy) is 1. The van der Waals surface area contributed by atoms with Crippen LogP contribution in [-0.2, 0) is 9.53 Å². The molecule has 2 N–H and O–H groups in total. The van der Waals surface area contributed by atoms with E-state index in [1.165, 1.54) is 19.7 Å². The molecule has 1 fully saturated rings. The van der Waals surface area contributed by atoms with Crippen molar-refractivity contribution < 1.29 is 14.3 Å². The average Bonchev–Trinajstić information content (AvgIpc) is 2.62. The number of methoxy groups -OCH3 is 1. The van der Waals surface area contributed by atoms with Crippen molar-refractivity contribution in [3.05, 3.63) is 41.6 Å². The summed E-state index contributed by atoms with van der Waals surface area (Å²) in [6.45, 7) is 0. The fourth-order valence-electron chi connectivity index (χ4n) is 2.71. The highest BCUT2D eigenvalue weighted by molar-refractivity contribution is 5.99. The Balaban J connectivity index is 2.07. The van der Waals surface area contributed by atoms with Gasteiger partial charge in [0.2, 0.25) is 0 Å². The maximum absolute atomic E-state index is 12.2. The summed E-state index contributed by atoms with van der Waals surface area (Å²) in [6.07, 6.45) is 6.60. The molecule has 0 aromatic heterocycles. The van der Waals surface area contributed by atoms with E-state index in [4.69, 9.17) is 4.74 Å². The van der Waals surface area contributed by atoms with E-state index >= 15 is 0 Å². The van der Waals surface area contributed by atoms with Crippen LogP contribution in [0.3, 0.4) is 0 Å². The normalized spacial score (nSPS) is 15.2. The van der Waals surface area contributed by atoms with Crippen LogP contribution in [0.15, 0.2) is 36.0 Å². The molecule has 0 atom stereocenters. The van der Waals surface area contributed by atoms with Crippen LogP contribution in [0.25, 0.3) is 0 Å². The van der Waals surface area contributed by atoms with Crippen LogP contribution in [0.2, 0.25) is 0 Å². The third kappa shape index (κ3) is 4.59. The van der Waals surface area contributed by atoms with Crippen LogP contribution in [0, 0.1) is 11.3 Å². The highest BCUT2D eigenvalue weighted by Gasteiger charge is 2.18. The number of nitriles is 1. The lowest BCUT2D eigenvalue weighted by Gasteiger charge is -2.22. The molecule has 0 bridgehead atoms. The number of carbonyl (C=O) groups excluding carboxylic acids is 2. The highest BCUT2D eigenvalue weighted by Crippen LogP contribution is 2.18. The van der Waals surface area contributed by atoms with Crippen molar-refractivity contribution in [1.29, 1.82) is 5.26 Å².